The van der Waals surface area contributed by atoms with Crippen LogP contribution in [0.1, 0.15) is 5.56 Å². The number of carboxylic acids is 1. The Labute approximate surface area is 144 Å². The Morgan fingerprint density at radius 3 is 1.92 bits per heavy atom. The normalized spacial score (nSPS) is 10.9. The molecule has 3 aromatic heterocycles. The molecule has 0 radical (unpaired) electrons. The van der Waals surface area contributed by atoms with Gasteiger partial charge < -0.3 is 5.11 Å². The number of hydrogen-bond acceptors (Lipinski definition) is 4. The van der Waals surface area contributed by atoms with E-state index in [9.17, 15) is 4.79 Å². The first-order valence-corrected chi connectivity index (χ1v) is 7.35. The minimum Gasteiger partial charge on any atom is -0.486 e. The minimum absolute atomic E-state index is 0.370. The van der Waals surface area contributed by atoms with E-state index in [1.165, 1.54) is 6.08 Å². The van der Waals surface area contributed by atoms with Crippen LogP contribution in [0.4, 0.5) is 0 Å². The maximum Gasteiger partial charge on any atom is 0.333 e. The molecule has 0 fully saturated rings. The van der Waals surface area contributed by atoms with Gasteiger partial charge in [0.05, 0.1) is 29.3 Å². The molecule has 0 spiro atoms. The third kappa shape index (κ3) is 3.74. The molecule has 3 rings (SSSR count). The molecule has 120 valence electrons. The summed E-state index contributed by atoms with van der Waals surface area (Å²) in [6.45, 7) is 7.01. The summed E-state index contributed by atoms with van der Waals surface area (Å²) < 4.78 is 0. The number of pyridine rings is 3. The van der Waals surface area contributed by atoms with Gasteiger partial charge in [-0.15, -0.1) is 0 Å². The Hall–Kier alpha value is -3.85. The van der Waals surface area contributed by atoms with E-state index in [-0.39, 0.29) is 5.70 Å². The Morgan fingerprint density at radius 2 is 1.52 bits per heavy atom. The summed E-state index contributed by atoms with van der Waals surface area (Å²) in [4.78, 5) is 27.3. The van der Waals surface area contributed by atoms with E-state index >= 15 is 0 Å². The van der Waals surface area contributed by atoms with Gasteiger partial charge >= 0.3 is 5.97 Å². The van der Waals surface area contributed by atoms with Crippen LogP contribution in [0, 0.1) is 6.57 Å². The molecule has 0 aliphatic carbocycles. The molecular weight excluding hydrogens is 316 g/mol. The second-order valence-corrected chi connectivity index (χ2v) is 5.05. The van der Waals surface area contributed by atoms with Crippen LogP contribution in [0.3, 0.4) is 0 Å². The number of nitrogens with zero attached hydrogens (tertiary/aromatic N) is 4. The molecule has 0 saturated heterocycles. The highest BCUT2D eigenvalue weighted by molar-refractivity contribution is 5.94. The van der Waals surface area contributed by atoms with E-state index < -0.39 is 5.97 Å². The van der Waals surface area contributed by atoms with E-state index in [2.05, 4.69) is 19.8 Å². The quantitative estimate of drug-likeness (QED) is 0.585. The minimum atomic E-state index is -1.27. The summed E-state index contributed by atoms with van der Waals surface area (Å²) in [5.41, 5.74) is 2.62. The largest absolute Gasteiger partial charge is 0.486 e. The van der Waals surface area contributed by atoms with Crippen LogP contribution in [0.5, 0.6) is 0 Å². The van der Waals surface area contributed by atoms with Crippen molar-refractivity contribution in [2.45, 2.75) is 0 Å². The number of aromatic nitrogens is 3. The fraction of sp³-hybridized carbons (Fsp3) is 0. The van der Waals surface area contributed by atoms with Gasteiger partial charge in [-0.2, -0.15) is 0 Å². The number of carboxylic acid groups (broad SMARTS) is 1. The summed E-state index contributed by atoms with van der Waals surface area (Å²) >= 11 is 0. The number of hydrogen-bond donors (Lipinski definition) is 1. The Balaban J connectivity index is 2.19. The highest BCUT2D eigenvalue weighted by atomic mass is 16.4. The second kappa shape index (κ2) is 7.15. The molecule has 3 heterocycles. The summed E-state index contributed by atoms with van der Waals surface area (Å²) in [5, 5.41) is 9.08. The van der Waals surface area contributed by atoms with Gasteiger partial charge in [0.25, 0.3) is 5.70 Å². The van der Waals surface area contributed by atoms with Crippen LogP contribution in [-0.4, -0.2) is 26.0 Å². The van der Waals surface area contributed by atoms with Crippen LogP contribution in [0.15, 0.2) is 66.6 Å². The topological polar surface area (TPSA) is 80.3 Å². The van der Waals surface area contributed by atoms with E-state index in [0.29, 0.717) is 28.3 Å². The predicted octanol–water partition coefficient (Wildman–Crippen LogP) is 3.55. The number of aliphatic carboxylic acids is 1. The molecule has 0 atom stereocenters. The molecule has 0 aromatic carbocycles. The second-order valence-electron chi connectivity index (χ2n) is 5.05. The summed E-state index contributed by atoms with van der Waals surface area (Å²) in [6.07, 6.45) is 4.62. The third-order valence-corrected chi connectivity index (χ3v) is 3.35. The molecule has 0 aliphatic heterocycles. The molecule has 25 heavy (non-hydrogen) atoms. The van der Waals surface area contributed by atoms with Gasteiger partial charge in [-0.1, -0.05) is 12.1 Å². The monoisotopic (exact) mass is 328 g/mol. The van der Waals surface area contributed by atoms with Gasteiger partial charge in [-0.05, 0) is 48.0 Å². The Kier molecular flexibility index (Phi) is 4.58. The van der Waals surface area contributed by atoms with Gasteiger partial charge in [0.1, 0.15) is 0 Å². The zero-order valence-electron chi connectivity index (χ0n) is 13.0. The van der Waals surface area contributed by atoms with E-state index in [0.717, 1.165) is 0 Å². The number of rotatable bonds is 4. The molecule has 0 aliphatic rings. The lowest BCUT2D eigenvalue weighted by atomic mass is 10.1. The third-order valence-electron chi connectivity index (χ3n) is 3.35. The van der Waals surface area contributed by atoms with Crippen LogP contribution in [0.25, 0.3) is 33.7 Å². The van der Waals surface area contributed by atoms with Crippen molar-refractivity contribution in [1.29, 1.82) is 0 Å². The molecule has 1 N–H and O–H groups in total. The highest BCUT2D eigenvalue weighted by Gasteiger charge is 2.11. The van der Waals surface area contributed by atoms with Crippen molar-refractivity contribution >= 4 is 12.0 Å². The standard InChI is InChI=1S/C19H12N4O2/c1-20-18(19(24)25)12-13-10-16(14-6-2-4-8-21-14)23-17(11-13)15-7-3-5-9-22-15/h2-12H,(H,24,25)/b18-12+. The lowest BCUT2D eigenvalue weighted by molar-refractivity contribution is -0.132. The first-order chi connectivity index (χ1) is 12.2. The van der Waals surface area contributed by atoms with Crippen molar-refractivity contribution in [2.75, 3.05) is 0 Å². The zero-order valence-corrected chi connectivity index (χ0v) is 13.0. The molecule has 0 saturated carbocycles. The first-order valence-electron chi connectivity index (χ1n) is 7.35. The van der Waals surface area contributed by atoms with Crippen LogP contribution < -0.4 is 0 Å². The fourth-order valence-electron chi connectivity index (χ4n) is 2.23. The van der Waals surface area contributed by atoms with E-state index in [1.54, 1.807) is 36.7 Å². The SMILES string of the molecule is [C-]#[N+]/C(=C/c1cc(-c2ccccn2)nc(-c2ccccn2)c1)C(=O)O. The smallest absolute Gasteiger partial charge is 0.333 e. The van der Waals surface area contributed by atoms with Crippen molar-refractivity contribution in [1.82, 2.24) is 15.0 Å². The fourth-order valence-corrected chi connectivity index (χ4v) is 2.23. The maximum absolute atomic E-state index is 11.1. The molecule has 0 amide bonds. The van der Waals surface area contributed by atoms with Crippen LogP contribution >= 0.6 is 0 Å². The average Bonchev–Trinajstić information content (AvgIpc) is 2.67. The Morgan fingerprint density at radius 1 is 0.960 bits per heavy atom. The predicted molar refractivity (Wildman–Crippen MR) is 92.9 cm³/mol. The van der Waals surface area contributed by atoms with Crippen molar-refractivity contribution in [2.24, 2.45) is 0 Å². The Bertz CT molecular complexity index is 920. The molecular formula is C19H12N4O2. The lowest BCUT2D eigenvalue weighted by Crippen LogP contribution is -1.97. The van der Waals surface area contributed by atoms with E-state index in [4.69, 9.17) is 11.7 Å². The van der Waals surface area contributed by atoms with E-state index in [1.807, 2.05) is 24.3 Å². The van der Waals surface area contributed by atoms with Gasteiger partial charge in [-0.3, -0.25) is 14.8 Å². The molecule has 0 bridgehead atoms. The molecule has 3 aromatic rings. The van der Waals surface area contributed by atoms with Crippen LogP contribution in [0.2, 0.25) is 0 Å². The van der Waals surface area contributed by atoms with Gasteiger partial charge in [0.15, 0.2) is 0 Å². The summed E-state index contributed by atoms with van der Waals surface area (Å²) in [6, 6.07) is 14.3. The maximum atomic E-state index is 11.1. The van der Waals surface area contributed by atoms with Gasteiger partial charge in [0.2, 0.25) is 0 Å². The summed E-state index contributed by atoms with van der Waals surface area (Å²) in [7, 11) is 0. The van der Waals surface area contributed by atoms with Crippen molar-refractivity contribution in [3.8, 4) is 22.8 Å². The average molecular weight is 328 g/mol. The summed E-state index contributed by atoms with van der Waals surface area (Å²) in [5.74, 6) is -1.27. The molecule has 0 unspecified atom stereocenters. The van der Waals surface area contributed by atoms with Crippen molar-refractivity contribution < 1.29 is 9.90 Å². The van der Waals surface area contributed by atoms with Gasteiger partial charge in [-0.25, -0.2) is 9.83 Å². The lowest BCUT2D eigenvalue weighted by Gasteiger charge is -2.07. The van der Waals surface area contributed by atoms with Crippen molar-refractivity contribution in [3.05, 3.63) is 83.6 Å². The number of carbonyl (C=O) groups is 1. The van der Waals surface area contributed by atoms with Crippen LogP contribution in [-0.2, 0) is 4.79 Å². The van der Waals surface area contributed by atoms with Gasteiger partial charge in [0, 0.05) is 12.4 Å². The zero-order chi connectivity index (χ0) is 17.6. The van der Waals surface area contributed by atoms with Crippen molar-refractivity contribution in [3.63, 3.8) is 0 Å². The molecule has 6 nitrogen and oxygen atoms in total. The first kappa shape index (κ1) is 16.0. The molecule has 6 heteroatoms. The highest BCUT2D eigenvalue weighted by Crippen LogP contribution is 2.24.